The molecule has 3 rings (SSSR count). The van der Waals surface area contributed by atoms with Crippen molar-refractivity contribution in [2.24, 2.45) is 5.73 Å². The summed E-state index contributed by atoms with van der Waals surface area (Å²) in [6.07, 6.45) is 6.50. The molecule has 1 saturated carbocycles. The molecular weight excluding hydrogens is 218 g/mol. The van der Waals surface area contributed by atoms with Crippen LogP contribution in [-0.4, -0.2) is 6.54 Å². The van der Waals surface area contributed by atoms with Crippen molar-refractivity contribution in [2.75, 3.05) is 6.54 Å². The molecule has 1 spiro atoms. The third-order valence-corrected chi connectivity index (χ3v) is 4.72. The van der Waals surface area contributed by atoms with Gasteiger partial charge < -0.3 is 5.73 Å². The van der Waals surface area contributed by atoms with Crippen molar-refractivity contribution in [3.05, 3.63) is 34.3 Å². The van der Waals surface area contributed by atoms with Crippen molar-refractivity contribution >= 4 is 11.6 Å². The normalized spacial score (nSPS) is 25.5. The molecule has 2 aliphatic carbocycles. The van der Waals surface area contributed by atoms with E-state index in [0.29, 0.717) is 11.3 Å². The van der Waals surface area contributed by atoms with E-state index in [0.717, 1.165) is 18.0 Å². The van der Waals surface area contributed by atoms with Crippen molar-refractivity contribution in [1.29, 1.82) is 0 Å². The molecule has 0 aromatic heterocycles. The number of hydrogen-bond acceptors (Lipinski definition) is 1. The maximum Gasteiger partial charge on any atom is 0.0409 e. The van der Waals surface area contributed by atoms with Gasteiger partial charge in [0.2, 0.25) is 0 Å². The zero-order valence-corrected chi connectivity index (χ0v) is 10.3. The minimum atomic E-state index is 0.472. The molecule has 0 aliphatic heterocycles. The molecule has 0 heterocycles. The Morgan fingerprint density at radius 3 is 2.81 bits per heavy atom. The summed E-state index contributed by atoms with van der Waals surface area (Å²) in [6.45, 7) is 0.794. The zero-order chi connectivity index (χ0) is 11.2. The van der Waals surface area contributed by atoms with E-state index >= 15 is 0 Å². The quantitative estimate of drug-likeness (QED) is 0.833. The van der Waals surface area contributed by atoms with E-state index < -0.39 is 0 Å². The summed E-state index contributed by atoms with van der Waals surface area (Å²) < 4.78 is 0. The Morgan fingerprint density at radius 2 is 2.19 bits per heavy atom. The summed E-state index contributed by atoms with van der Waals surface area (Å²) in [5.41, 5.74) is 9.24. The Labute approximate surface area is 102 Å². The van der Waals surface area contributed by atoms with E-state index in [1.807, 2.05) is 6.07 Å². The lowest BCUT2D eigenvalue weighted by atomic mass is 9.65. The first-order valence-corrected chi connectivity index (χ1v) is 6.63. The predicted octanol–water partition coefficient (Wildman–Crippen LogP) is 3.60. The van der Waals surface area contributed by atoms with E-state index in [4.69, 9.17) is 17.3 Å². The largest absolute Gasteiger partial charge is 0.330 e. The number of hydrogen-bond donors (Lipinski definition) is 1. The molecule has 1 fully saturated rings. The van der Waals surface area contributed by atoms with E-state index in [2.05, 4.69) is 12.1 Å². The molecule has 16 heavy (non-hydrogen) atoms. The summed E-state index contributed by atoms with van der Waals surface area (Å²) in [5, 5.41) is 0.887. The monoisotopic (exact) mass is 235 g/mol. The lowest BCUT2D eigenvalue weighted by Crippen LogP contribution is -2.31. The summed E-state index contributed by atoms with van der Waals surface area (Å²) >= 11 is 6.13. The minimum absolute atomic E-state index is 0.472. The van der Waals surface area contributed by atoms with E-state index in [1.165, 1.54) is 36.8 Å². The lowest BCUT2D eigenvalue weighted by Gasteiger charge is -2.40. The highest BCUT2D eigenvalue weighted by molar-refractivity contribution is 6.30. The number of rotatable bonds is 2. The topological polar surface area (TPSA) is 26.0 Å². The molecule has 1 atom stereocenters. The Balaban J connectivity index is 2.03. The summed E-state index contributed by atoms with van der Waals surface area (Å²) in [6, 6.07) is 6.46. The van der Waals surface area contributed by atoms with Crippen molar-refractivity contribution < 1.29 is 0 Å². The van der Waals surface area contributed by atoms with Gasteiger partial charge >= 0.3 is 0 Å². The molecule has 0 saturated heterocycles. The highest BCUT2D eigenvalue weighted by atomic mass is 35.5. The van der Waals surface area contributed by atoms with Gasteiger partial charge in [-0.3, -0.25) is 0 Å². The second-order valence-electron chi connectivity index (χ2n) is 5.34. The van der Waals surface area contributed by atoms with E-state index in [1.54, 1.807) is 0 Å². The van der Waals surface area contributed by atoms with E-state index in [-0.39, 0.29) is 0 Å². The van der Waals surface area contributed by atoms with Crippen molar-refractivity contribution in [2.45, 2.75) is 43.4 Å². The summed E-state index contributed by atoms with van der Waals surface area (Å²) in [4.78, 5) is 0. The van der Waals surface area contributed by atoms with E-state index in [9.17, 15) is 0 Å². The van der Waals surface area contributed by atoms with Crippen LogP contribution < -0.4 is 5.73 Å². The number of fused-ring (bicyclic) bond motifs is 2. The molecular formula is C14H18ClN. The molecule has 2 heteroatoms. The second kappa shape index (κ2) is 3.75. The second-order valence-corrected chi connectivity index (χ2v) is 5.78. The fourth-order valence-electron chi connectivity index (χ4n) is 3.57. The molecule has 0 radical (unpaired) electrons. The maximum absolute atomic E-state index is 6.13. The first kappa shape index (κ1) is 10.6. The van der Waals surface area contributed by atoms with Crippen molar-refractivity contribution in [3.8, 4) is 0 Å². The Hall–Kier alpha value is -0.530. The molecule has 1 nitrogen and oxygen atoms in total. The standard InChI is InChI=1S/C14H18ClN/c15-11-2-3-12-10(4-7-16)9-14(5-1-6-14)13(12)8-11/h2-3,8,10H,1,4-7,9,16H2. The Bertz CT molecular complexity index is 409. The number of benzene rings is 1. The third kappa shape index (κ3) is 1.42. The van der Waals surface area contributed by atoms with Gasteiger partial charge in [-0.15, -0.1) is 0 Å². The molecule has 2 aliphatic rings. The average Bonchev–Trinajstić information content (AvgIpc) is 2.53. The van der Waals surface area contributed by atoms with Crippen LogP contribution in [0.4, 0.5) is 0 Å². The van der Waals surface area contributed by atoms with Crippen LogP contribution in [0.5, 0.6) is 0 Å². The van der Waals surface area contributed by atoms with Gasteiger partial charge in [0, 0.05) is 5.02 Å². The lowest BCUT2D eigenvalue weighted by molar-refractivity contribution is 0.231. The van der Waals surface area contributed by atoms with Crippen LogP contribution in [-0.2, 0) is 5.41 Å². The third-order valence-electron chi connectivity index (χ3n) is 4.49. The molecule has 1 unspecified atom stereocenters. The first-order valence-electron chi connectivity index (χ1n) is 6.25. The Kier molecular flexibility index (Phi) is 2.49. The smallest absolute Gasteiger partial charge is 0.0409 e. The van der Waals surface area contributed by atoms with Crippen LogP contribution in [0.3, 0.4) is 0 Å². The number of nitrogens with two attached hydrogens (primary N) is 1. The highest BCUT2D eigenvalue weighted by Crippen LogP contribution is 2.57. The van der Waals surface area contributed by atoms with Crippen LogP contribution in [0.2, 0.25) is 5.02 Å². The zero-order valence-electron chi connectivity index (χ0n) is 9.51. The van der Waals surface area contributed by atoms with Gasteiger partial charge in [0.25, 0.3) is 0 Å². The molecule has 1 aromatic rings. The fraction of sp³-hybridized carbons (Fsp3) is 0.571. The number of halogens is 1. The molecule has 2 N–H and O–H groups in total. The average molecular weight is 236 g/mol. The van der Waals surface area contributed by atoms with Crippen molar-refractivity contribution in [3.63, 3.8) is 0 Å². The van der Waals surface area contributed by atoms with Crippen LogP contribution in [0.25, 0.3) is 0 Å². The van der Waals surface area contributed by atoms with Crippen LogP contribution in [0, 0.1) is 0 Å². The summed E-state index contributed by atoms with van der Waals surface area (Å²) in [5.74, 6) is 0.678. The molecule has 0 amide bonds. The summed E-state index contributed by atoms with van der Waals surface area (Å²) in [7, 11) is 0. The Morgan fingerprint density at radius 1 is 1.38 bits per heavy atom. The van der Waals surface area contributed by atoms with Crippen molar-refractivity contribution in [1.82, 2.24) is 0 Å². The molecule has 0 bridgehead atoms. The van der Waals surface area contributed by atoms with Crippen LogP contribution in [0.15, 0.2) is 18.2 Å². The molecule has 1 aromatic carbocycles. The predicted molar refractivity (Wildman–Crippen MR) is 68.0 cm³/mol. The first-order chi connectivity index (χ1) is 7.75. The SMILES string of the molecule is NCCC1CC2(CCC2)c2cc(Cl)ccc21. The van der Waals surface area contributed by atoms with Gasteiger partial charge in [0.1, 0.15) is 0 Å². The van der Waals surface area contributed by atoms with Gasteiger partial charge in [-0.1, -0.05) is 24.1 Å². The molecule has 86 valence electrons. The van der Waals surface area contributed by atoms with Gasteiger partial charge in [-0.25, -0.2) is 0 Å². The van der Waals surface area contributed by atoms with Crippen LogP contribution in [0.1, 0.15) is 49.1 Å². The van der Waals surface area contributed by atoms with Gasteiger partial charge in [0.05, 0.1) is 0 Å². The van der Waals surface area contributed by atoms with Crippen LogP contribution >= 0.6 is 11.6 Å². The minimum Gasteiger partial charge on any atom is -0.330 e. The van der Waals surface area contributed by atoms with Gasteiger partial charge in [0.15, 0.2) is 0 Å². The van der Waals surface area contributed by atoms with Gasteiger partial charge in [-0.2, -0.15) is 0 Å². The maximum atomic E-state index is 6.13. The highest BCUT2D eigenvalue weighted by Gasteiger charge is 2.47. The van der Waals surface area contributed by atoms with Gasteiger partial charge in [-0.05, 0) is 66.8 Å². The fourth-order valence-corrected chi connectivity index (χ4v) is 3.74.